The molecule has 2 heteroatoms. The van der Waals surface area contributed by atoms with Crippen molar-refractivity contribution in [1.29, 1.82) is 0 Å². The summed E-state index contributed by atoms with van der Waals surface area (Å²) in [4.78, 5) is 0. The Bertz CT molecular complexity index is 229. The number of hydrogen-bond donors (Lipinski definition) is 0. The van der Waals surface area contributed by atoms with E-state index in [4.69, 9.17) is 0 Å². The number of hydrogen-bond acceptors (Lipinski definition) is 1. The van der Waals surface area contributed by atoms with Crippen LogP contribution in [-0.2, 0) is 5.54 Å². The zero-order valence-electron chi connectivity index (χ0n) is 12.6. The Balaban J connectivity index is 0. The molecule has 1 aromatic rings. The third kappa shape index (κ3) is 13.2. The molecule has 0 fully saturated rings. The average molecular weight is 226 g/mol. The van der Waals surface area contributed by atoms with Crippen molar-refractivity contribution in [2.45, 2.75) is 67.9 Å². The van der Waals surface area contributed by atoms with Crippen molar-refractivity contribution in [3.8, 4) is 0 Å². The summed E-state index contributed by atoms with van der Waals surface area (Å²) in [5, 5.41) is 4.10. The fourth-order valence-electron chi connectivity index (χ4n) is 0.666. The molecule has 0 N–H and O–H groups in total. The van der Waals surface area contributed by atoms with Crippen LogP contribution in [0.5, 0.6) is 0 Å². The van der Waals surface area contributed by atoms with Gasteiger partial charge in [-0.1, -0.05) is 41.5 Å². The third-order valence-corrected chi connectivity index (χ3v) is 1.19. The first-order valence-corrected chi connectivity index (χ1v) is 6.11. The fraction of sp³-hybridized carbons (Fsp3) is 0.786. The topological polar surface area (TPSA) is 17.8 Å². The van der Waals surface area contributed by atoms with Gasteiger partial charge in [0, 0.05) is 12.4 Å². The van der Waals surface area contributed by atoms with Crippen molar-refractivity contribution in [2.75, 3.05) is 0 Å². The van der Waals surface area contributed by atoms with Crippen LogP contribution in [0.25, 0.3) is 0 Å². The van der Waals surface area contributed by atoms with Crippen molar-refractivity contribution in [3.63, 3.8) is 0 Å². The molecule has 2 nitrogen and oxygen atoms in total. The van der Waals surface area contributed by atoms with Crippen molar-refractivity contribution >= 4 is 0 Å². The lowest BCUT2D eigenvalue weighted by Crippen LogP contribution is -2.21. The molecule has 0 aliphatic carbocycles. The maximum atomic E-state index is 4.10. The SMILES string of the molecule is CC.CC(C)(C)C.CC(C)(C)n1cccn1. The van der Waals surface area contributed by atoms with Crippen molar-refractivity contribution in [3.05, 3.63) is 18.5 Å². The summed E-state index contributed by atoms with van der Waals surface area (Å²) in [5.41, 5.74) is 0.628. The molecule has 0 aliphatic rings. The molecule has 0 bridgehead atoms. The van der Waals surface area contributed by atoms with Gasteiger partial charge in [-0.25, -0.2) is 0 Å². The van der Waals surface area contributed by atoms with E-state index in [2.05, 4.69) is 53.6 Å². The van der Waals surface area contributed by atoms with Gasteiger partial charge >= 0.3 is 0 Å². The van der Waals surface area contributed by atoms with E-state index in [1.165, 1.54) is 0 Å². The second-order valence-electron chi connectivity index (χ2n) is 6.12. The second-order valence-corrected chi connectivity index (χ2v) is 6.12. The summed E-state index contributed by atoms with van der Waals surface area (Å²) in [6, 6.07) is 1.94. The van der Waals surface area contributed by atoms with Crippen LogP contribution in [0.15, 0.2) is 18.5 Å². The van der Waals surface area contributed by atoms with E-state index in [1.54, 1.807) is 6.20 Å². The summed E-state index contributed by atoms with van der Waals surface area (Å²) in [6.45, 7) is 19.1. The minimum atomic E-state index is 0.128. The molecule has 0 saturated heterocycles. The monoisotopic (exact) mass is 226 g/mol. The van der Waals surface area contributed by atoms with Crippen LogP contribution < -0.4 is 0 Å². The van der Waals surface area contributed by atoms with Crippen LogP contribution in [0.3, 0.4) is 0 Å². The Morgan fingerprint density at radius 3 is 1.38 bits per heavy atom. The molecule has 1 rings (SSSR count). The van der Waals surface area contributed by atoms with E-state index in [1.807, 2.05) is 30.8 Å². The van der Waals surface area contributed by atoms with Gasteiger partial charge in [0.25, 0.3) is 0 Å². The van der Waals surface area contributed by atoms with E-state index in [-0.39, 0.29) is 5.54 Å². The van der Waals surface area contributed by atoms with E-state index in [9.17, 15) is 0 Å². The van der Waals surface area contributed by atoms with Gasteiger partial charge in [-0.05, 0) is 32.3 Å². The molecule has 0 aliphatic heterocycles. The molecule has 0 atom stereocenters. The maximum absolute atomic E-state index is 4.10. The first-order chi connectivity index (χ1) is 7.11. The molecule has 96 valence electrons. The standard InChI is InChI=1S/C7H12N2.C5H12.C2H6/c1-7(2,3)9-6-4-5-8-9;1-5(2,3)4;1-2/h4-6H,1-3H3;1-4H3;1-2H3. The minimum Gasteiger partial charge on any atom is -0.268 e. The highest BCUT2D eigenvalue weighted by atomic mass is 15.3. The summed E-state index contributed by atoms with van der Waals surface area (Å²) >= 11 is 0. The van der Waals surface area contributed by atoms with Gasteiger partial charge in [0.2, 0.25) is 0 Å². The number of rotatable bonds is 0. The Labute approximate surface area is 102 Å². The summed E-state index contributed by atoms with van der Waals surface area (Å²) in [5.74, 6) is 0. The van der Waals surface area contributed by atoms with Gasteiger partial charge in [0.15, 0.2) is 0 Å². The lowest BCUT2D eigenvalue weighted by molar-refractivity contribution is 0.355. The van der Waals surface area contributed by atoms with Crippen molar-refractivity contribution in [2.24, 2.45) is 5.41 Å². The molecule has 0 saturated carbocycles. The Morgan fingerprint density at radius 1 is 0.875 bits per heavy atom. The molecule has 0 amide bonds. The van der Waals surface area contributed by atoms with Crippen LogP contribution in [0.1, 0.15) is 62.3 Å². The zero-order valence-corrected chi connectivity index (χ0v) is 12.6. The average Bonchev–Trinajstić information content (AvgIpc) is 2.55. The normalized spacial score (nSPS) is 10.8. The van der Waals surface area contributed by atoms with Crippen LogP contribution in [0, 0.1) is 5.41 Å². The molecule has 0 spiro atoms. The maximum Gasteiger partial charge on any atom is 0.0543 e. The summed E-state index contributed by atoms with van der Waals surface area (Å²) in [6.07, 6.45) is 3.77. The second kappa shape index (κ2) is 7.48. The zero-order chi connectivity index (χ0) is 13.4. The van der Waals surface area contributed by atoms with E-state index < -0.39 is 0 Å². The van der Waals surface area contributed by atoms with Crippen LogP contribution in [0.4, 0.5) is 0 Å². The minimum absolute atomic E-state index is 0.128. The van der Waals surface area contributed by atoms with Gasteiger partial charge in [0.05, 0.1) is 5.54 Å². The molecule has 1 aromatic heterocycles. The molecular formula is C14H30N2. The summed E-state index contributed by atoms with van der Waals surface area (Å²) in [7, 11) is 0. The van der Waals surface area contributed by atoms with Gasteiger partial charge < -0.3 is 0 Å². The molecule has 0 radical (unpaired) electrons. The van der Waals surface area contributed by atoms with E-state index in [0.29, 0.717) is 5.41 Å². The Hall–Kier alpha value is -0.790. The van der Waals surface area contributed by atoms with Crippen LogP contribution in [-0.4, -0.2) is 9.78 Å². The highest BCUT2D eigenvalue weighted by Gasteiger charge is 2.10. The molecular weight excluding hydrogens is 196 g/mol. The highest BCUT2D eigenvalue weighted by molar-refractivity contribution is 4.83. The van der Waals surface area contributed by atoms with Crippen LogP contribution >= 0.6 is 0 Å². The summed E-state index contributed by atoms with van der Waals surface area (Å²) < 4.78 is 1.94. The van der Waals surface area contributed by atoms with E-state index >= 15 is 0 Å². The quantitative estimate of drug-likeness (QED) is 0.626. The van der Waals surface area contributed by atoms with E-state index in [0.717, 1.165) is 0 Å². The lowest BCUT2D eigenvalue weighted by atomic mass is 10.0. The third-order valence-electron chi connectivity index (χ3n) is 1.19. The first-order valence-electron chi connectivity index (χ1n) is 6.11. The molecule has 1 heterocycles. The van der Waals surface area contributed by atoms with Crippen molar-refractivity contribution < 1.29 is 0 Å². The predicted molar refractivity (Wildman–Crippen MR) is 73.7 cm³/mol. The molecule has 0 aromatic carbocycles. The van der Waals surface area contributed by atoms with Crippen LogP contribution in [0.2, 0.25) is 0 Å². The van der Waals surface area contributed by atoms with Gasteiger partial charge in [0.1, 0.15) is 0 Å². The highest BCUT2D eigenvalue weighted by Crippen LogP contribution is 2.10. The molecule has 0 unspecified atom stereocenters. The van der Waals surface area contributed by atoms with Gasteiger partial charge in [-0.2, -0.15) is 5.10 Å². The lowest BCUT2D eigenvalue weighted by Gasteiger charge is -2.18. The number of aromatic nitrogens is 2. The Morgan fingerprint density at radius 2 is 1.25 bits per heavy atom. The largest absolute Gasteiger partial charge is 0.268 e. The van der Waals surface area contributed by atoms with Gasteiger partial charge in [-0.3, -0.25) is 4.68 Å². The molecule has 16 heavy (non-hydrogen) atoms. The number of nitrogens with zero attached hydrogens (tertiary/aromatic N) is 2. The van der Waals surface area contributed by atoms with Gasteiger partial charge in [-0.15, -0.1) is 0 Å². The Kier molecular flexibility index (Phi) is 8.23. The first kappa shape index (κ1) is 17.6. The fourth-order valence-corrected chi connectivity index (χ4v) is 0.666. The van der Waals surface area contributed by atoms with Crippen molar-refractivity contribution in [1.82, 2.24) is 9.78 Å². The smallest absolute Gasteiger partial charge is 0.0543 e. The predicted octanol–water partition coefficient (Wildman–Crippen LogP) is 4.72.